The van der Waals surface area contributed by atoms with Crippen molar-refractivity contribution in [2.24, 2.45) is 5.73 Å². The van der Waals surface area contributed by atoms with Gasteiger partial charge in [0.1, 0.15) is 12.7 Å². The molecule has 1 aliphatic heterocycles. The second kappa shape index (κ2) is 3.44. The summed E-state index contributed by atoms with van der Waals surface area (Å²) in [6.07, 6.45) is -0.0904. The van der Waals surface area contributed by atoms with E-state index < -0.39 is 0 Å². The molecule has 2 rings (SSSR count). The third-order valence-corrected chi connectivity index (χ3v) is 2.20. The van der Waals surface area contributed by atoms with Gasteiger partial charge in [0, 0.05) is 6.54 Å². The van der Waals surface area contributed by atoms with Gasteiger partial charge >= 0.3 is 0 Å². The van der Waals surface area contributed by atoms with Gasteiger partial charge in [-0.1, -0.05) is 17.7 Å². The lowest BCUT2D eigenvalue weighted by Gasteiger charge is -2.25. The molecular weight excluding hydrogens is 190 g/mol. The number of hydrogen-bond donors (Lipinski definition) is 1. The van der Waals surface area contributed by atoms with E-state index in [0.717, 1.165) is 0 Å². The van der Waals surface area contributed by atoms with Crippen molar-refractivity contribution in [3.63, 3.8) is 0 Å². The van der Waals surface area contributed by atoms with Crippen molar-refractivity contribution in [3.8, 4) is 11.5 Å². The minimum Gasteiger partial charge on any atom is -0.486 e. The van der Waals surface area contributed by atoms with Crippen molar-refractivity contribution >= 4 is 11.6 Å². The summed E-state index contributed by atoms with van der Waals surface area (Å²) in [6, 6.07) is 5.42. The Balaban J connectivity index is 2.32. The highest BCUT2D eigenvalue weighted by Gasteiger charge is 2.21. The van der Waals surface area contributed by atoms with E-state index in [4.69, 9.17) is 26.8 Å². The second-order valence-corrected chi connectivity index (χ2v) is 3.26. The topological polar surface area (TPSA) is 44.5 Å². The Morgan fingerprint density at radius 2 is 2.38 bits per heavy atom. The van der Waals surface area contributed by atoms with E-state index >= 15 is 0 Å². The molecule has 0 amide bonds. The molecule has 0 aliphatic carbocycles. The summed E-state index contributed by atoms with van der Waals surface area (Å²) in [4.78, 5) is 0. The fourth-order valence-corrected chi connectivity index (χ4v) is 1.43. The molecule has 1 aromatic carbocycles. The van der Waals surface area contributed by atoms with E-state index in [0.29, 0.717) is 29.7 Å². The summed E-state index contributed by atoms with van der Waals surface area (Å²) in [5, 5.41) is 0.565. The molecule has 0 fully saturated rings. The molecule has 3 nitrogen and oxygen atoms in total. The zero-order chi connectivity index (χ0) is 9.26. The van der Waals surface area contributed by atoms with E-state index in [1.54, 1.807) is 6.07 Å². The van der Waals surface area contributed by atoms with E-state index in [2.05, 4.69) is 0 Å². The van der Waals surface area contributed by atoms with Gasteiger partial charge in [-0.25, -0.2) is 0 Å². The molecule has 0 bridgehead atoms. The Labute approximate surface area is 81.4 Å². The summed E-state index contributed by atoms with van der Waals surface area (Å²) in [7, 11) is 0. The zero-order valence-electron chi connectivity index (χ0n) is 7.00. The molecule has 13 heavy (non-hydrogen) atoms. The number of para-hydroxylation sites is 1. The Morgan fingerprint density at radius 1 is 1.54 bits per heavy atom. The minimum atomic E-state index is -0.0904. The Kier molecular flexibility index (Phi) is 2.29. The van der Waals surface area contributed by atoms with Crippen LogP contribution in [0.5, 0.6) is 11.5 Å². The minimum absolute atomic E-state index is 0.0904. The summed E-state index contributed by atoms with van der Waals surface area (Å²) in [6.45, 7) is 0.925. The predicted molar refractivity (Wildman–Crippen MR) is 50.4 cm³/mol. The first-order chi connectivity index (χ1) is 6.31. The van der Waals surface area contributed by atoms with Crippen LogP contribution in [0.3, 0.4) is 0 Å². The lowest BCUT2D eigenvalue weighted by atomic mass is 10.2. The van der Waals surface area contributed by atoms with Crippen LogP contribution in [0, 0.1) is 0 Å². The van der Waals surface area contributed by atoms with E-state index in [1.165, 1.54) is 0 Å². The van der Waals surface area contributed by atoms with E-state index in [-0.39, 0.29) is 6.10 Å². The molecule has 1 unspecified atom stereocenters. The van der Waals surface area contributed by atoms with Crippen molar-refractivity contribution in [2.75, 3.05) is 13.2 Å². The Hall–Kier alpha value is -0.930. The standard InChI is InChI=1S/C9H10ClNO2/c10-7-2-1-3-8-9(7)13-6(4-11)5-12-8/h1-3,6H,4-5,11H2. The van der Waals surface area contributed by atoms with Crippen LogP contribution in [0.25, 0.3) is 0 Å². The smallest absolute Gasteiger partial charge is 0.180 e. The van der Waals surface area contributed by atoms with Gasteiger partial charge in [-0.15, -0.1) is 0 Å². The van der Waals surface area contributed by atoms with Crippen LogP contribution in [0.2, 0.25) is 5.02 Å². The van der Waals surface area contributed by atoms with Crippen molar-refractivity contribution in [3.05, 3.63) is 23.2 Å². The maximum atomic E-state index is 5.92. The molecule has 70 valence electrons. The van der Waals surface area contributed by atoms with Crippen molar-refractivity contribution in [1.82, 2.24) is 0 Å². The van der Waals surface area contributed by atoms with Gasteiger partial charge < -0.3 is 15.2 Å². The van der Waals surface area contributed by atoms with Crippen LogP contribution in [-0.2, 0) is 0 Å². The Morgan fingerprint density at radius 3 is 3.15 bits per heavy atom. The number of halogens is 1. The normalized spacial score (nSPS) is 20.0. The number of fused-ring (bicyclic) bond motifs is 1. The van der Waals surface area contributed by atoms with Crippen LogP contribution >= 0.6 is 11.6 Å². The largest absolute Gasteiger partial charge is 0.486 e. The number of hydrogen-bond acceptors (Lipinski definition) is 3. The quantitative estimate of drug-likeness (QED) is 0.745. The van der Waals surface area contributed by atoms with Crippen LogP contribution in [0.1, 0.15) is 0 Å². The molecule has 1 aromatic rings. The lowest BCUT2D eigenvalue weighted by Crippen LogP contribution is -2.35. The molecule has 4 heteroatoms. The van der Waals surface area contributed by atoms with Gasteiger partial charge in [-0.05, 0) is 12.1 Å². The molecule has 2 N–H and O–H groups in total. The monoisotopic (exact) mass is 199 g/mol. The van der Waals surface area contributed by atoms with Crippen LogP contribution < -0.4 is 15.2 Å². The maximum Gasteiger partial charge on any atom is 0.180 e. The first-order valence-electron chi connectivity index (χ1n) is 4.09. The number of ether oxygens (including phenoxy) is 2. The van der Waals surface area contributed by atoms with Crippen LogP contribution in [0.15, 0.2) is 18.2 Å². The lowest BCUT2D eigenvalue weighted by molar-refractivity contribution is 0.0970. The summed E-state index contributed by atoms with van der Waals surface area (Å²) in [5.74, 6) is 1.29. The zero-order valence-corrected chi connectivity index (χ0v) is 7.75. The van der Waals surface area contributed by atoms with E-state index in [9.17, 15) is 0 Å². The SMILES string of the molecule is NCC1COc2cccc(Cl)c2O1. The summed E-state index contributed by atoms with van der Waals surface area (Å²) < 4.78 is 10.9. The van der Waals surface area contributed by atoms with Crippen molar-refractivity contribution in [1.29, 1.82) is 0 Å². The molecule has 0 radical (unpaired) electrons. The summed E-state index contributed by atoms with van der Waals surface area (Å²) >= 11 is 5.92. The highest BCUT2D eigenvalue weighted by atomic mass is 35.5. The van der Waals surface area contributed by atoms with Gasteiger partial charge in [0.2, 0.25) is 0 Å². The molecule has 0 saturated carbocycles. The van der Waals surface area contributed by atoms with Crippen molar-refractivity contribution < 1.29 is 9.47 Å². The first-order valence-corrected chi connectivity index (χ1v) is 4.47. The van der Waals surface area contributed by atoms with Crippen LogP contribution in [-0.4, -0.2) is 19.3 Å². The molecule has 1 aliphatic rings. The fraction of sp³-hybridized carbons (Fsp3) is 0.333. The van der Waals surface area contributed by atoms with Crippen LogP contribution in [0.4, 0.5) is 0 Å². The average Bonchev–Trinajstić information content (AvgIpc) is 2.18. The molecule has 0 spiro atoms. The number of rotatable bonds is 1. The molecular formula is C9H10ClNO2. The van der Waals surface area contributed by atoms with Gasteiger partial charge in [0.15, 0.2) is 11.5 Å². The van der Waals surface area contributed by atoms with Gasteiger partial charge in [-0.2, -0.15) is 0 Å². The third kappa shape index (κ3) is 1.57. The van der Waals surface area contributed by atoms with Gasteiger partial charge in [-0.3, -0.25) is 0 Å². The fourth-order valence-electron chi connectivity index (χ4n) is 1.22. The summed E-state index contributed by atoms with van der Waals surface area (Å²) in [5.41, 5.74) is 5.46. The van der Waals surface area contributed by atoms with E-state index in [1.807, 2.05) is 12.1 Å². The average molecular weight is 200 g/mol. The molecule has 0 aromatic heterocycles. The van der Waals surface area contributed by atoms with Gasteiger partial charge in [0.05, 0.1) is 5.02 Å². The first kappa shape index (κ1) is 8.66. The third-order valence-electron chi connectivity index (χ3n) is 1.90. The predicted octanol–water partition coefficient (Wildman–Crippen LogP) is 1.44. The molecule has 1 heterocycles. The molecule has 1 atom stereocenters. The maximum absolute atomic E-state index is 5.92. The molecule has 0 saturated heterocycles. The number of nitrogens with two attached hydrogens (primary N) is 1. The Bertz CT molecular complexity index is 316. The second-order valence-electron chi connectivity index (χ2n) is 2.85. The number of benzene rings is 1. The highest BCUT2D eigenvalue weighted by molar-refractivity contribution is 6.32. The van der Waals surface area contributed by atoms with Crippen molar-refractivity contribution in [2.45, 2.75) is 6.10 Å². The van der Waals surface area contributed by atoms with Gasteiger partial charge in [0.25, 0.3) is 0 Å². The highest BCUT2D eigenvalue weighted by Crippen LogP contribution is 2.37.